The molecule has 3 nitrogen and oxygen atoms in total. The fraction of sp³-hybridized carbons (Fsp3) is 0.600. The summed E-state index contributed by atoms with van der Waals surface area (Å²) in [5, 5.41) is 14.2. The third kappa shape index (κ3) is 3.68. The standard InChI is InChI=1S/C15H18F3NO2/c16-15(17,18)21-13-5-1-10(2-6-13)7-14(20)8-11-3-4-12(9-14)19-11/h1-2,5-6,11-12,19-20H,3-4,7-9H2. The highest BCUT2D eigenvalue weighted by molar-refractivity contribution is 5.28. The molecule has 0 saturated carbocycles. The predicted molar refractivity (Wildman–Crippen MR) is 71.0 cm³/mol. The zero-order chi connectivity index (χ0) is 15.1. The van der Waals surface area contributed by atoms with Gasteiger partial charge in [-0.2, -0.15) is 0 Å². The molecule has 0 aliphatic carbocycles. The van der Waals surface area contributed by atoms with Crippen molar-refractivity contribution in [3.8, 4) is 5.75 Å². The van der Waals surface area contributed by atoms with E-state index in [4.69, 9.17) is 0 Å². The van der Waals surface area contributed by atoms with E-state index < -0.39 is 12.0 Å². The molecule has 21 heavy (non-hydrogen) atoms. The number of hydrogen-bond donors (Lipinski definition) is 2. The lowest BCUT2D eigenvalue weighted by atomic mass is 9.82. The summed E-state index contributed by atoms with van der Waals surface area (Å²) in [4.78, 5) is 0. The number of nitrogens with one attached hydrogen (secondary N) is 1. The highest BCUT2D eigenvalue weighted by atomic mass is 19.4. The van der Waals surface area contributed by atoms with Crippen molar-refractivity contribution in [3.05, 3.63) is 29.8 Å². The molecule has 2 aliphatic rings. The first kappa shape index (κ1) is 14.7. The van der Waals surface area contributed by atoms with Crippen LogP contribution in [0.1, 0.15) is 31.2 Å². The molecule has 2 saturated heterocycles. The molecule has 2 atom stereocenters. The number of fused-ring (bicyclic) bond motifs is 2. The maximum atomic E-state index is 12.1. The summed E-state index contributed by atoms with van der Waals surface area (Å²) in [5.74, 6) is -0.233. The maximum Gasteiger partial charge on any atom is 0.573 e. The Morgan fingerprint density at radius 1 is 1.14 bits per heavy atom. The van der Waals surface area contributed by atoms with Crippen molar-refractivity contribution in [1.82, 2.24) is 5.32 Å². The molecular weight excluding hydrogens is 283 g/mol. The average Bonchev–Trinajstić information content (AvgIpc) is 2.70. The van der Waals surface area contributed by atoms with Crippen molar-refractivity contribution in [2.45, 2.75) is 56.2 Å². The van der Waals surface area contributed by atoms with Gasteiger partial charge in [0.2, 0.25) is 0 Å². The van der Waals surface area contributed by atoms with Crippen LogP contribution < -0.4 is 10.1 Å². The van der Waals surface area contributed by atoms with Crippen LogP contribution in [0.4, 0.5) is 13.2 Å². The molecule has 0 aromatic heterocycles. The number of ether oxygens (including phenoxy) is 1. The van der Waals surface area contributed by atoms with Gasteiger partial charge in [-0.05, 0) is 43.4 Å². The van der Waals surface area contributed by atoms with Crippen LogP contribution in [0.2, 0.25) is 0 Å². The number of piperidine rings is 1. The van der Waals surface area contributed by atoms with Gasteiger partial charge in [0.1, 0.15) is 5.75 Å². The second kappa shape index (κ2) is 5.18. The topological polar surface area (TPSA) is 41.5 Å². The van der Waals surface area contributed by atoms with E-state index in [2.05, 4.69) is 10.1 Å². The summed E-state index contributed by atoms with van der Waals surface area (Å²) < 4.78 is 40.1. The lowest BCUT2D eigenvalue weighted by Gasteiger charge is -2.37. The van der Waals surface area contributed by atoms with Gasteiger partial charge in [0, 0.05) is 18.5 Å². The van der Waals surface area contributed by atoms with Crippen molar-refractivity contribution >= 4 is 0 Å². The Morgan fingerprint density at radius 3 is 2.24 bits per heavy atom. The van der Waals surface area contributed by atoms with E-state index in [0.717, 1.165) is 18.4 Å². The molecule has 2 unspecified atom stereocenters. The Hall–Kier alpha value is -1.27. The lowest BCUT2D eigenvalue weighted by Crippen LogP contribution is -2.49. The molecule has 116 valence electrons. The van der Waals surface area contributed by atoms with Gasteiger partial charge in [0.15, 0.2) is 0 Å². The molecule has 0 spiro atoms. The van der Waals surface area contributed by atoms with Gasteiger partial charge in [-0.3, -0.25) is 0 Å². The first-order valence-corrected chi connectivity index (χ1v) is 7.14. The summed E-state index contributed by atoms with van der Waals surface area (Å²) in [6.07, 6.45) is -0.632. The van der Waals surface area contributed by atoms with Crippen LogP contribution in [0.5, 0.6) is 5.75 Å². The van der Waals surface area contributed by atoms with Crippen LogP contribution in [-0.2, 0) is 6.42 Å². The van der Waals surface area contributed by atoms with Crippen LogP contribution in [-0.4, -0.2) is 29.2 Å². The van der Waals surface area contributed by atoms with Gasteiger partial charge in [-0.15, -0.1) is 13.2 Å². The minimum atomic E-state index is -4.67. The zero-order valence-electron chi connectivity index (χ0n) is 11.5. The quantitative estimate of drug-likeness (QED) is 0.902. The number of rotatable bonds is 3. The molecular formula is C15H18F3NO2. The number of halogens is 3. The molecule has 2 fully saturated rings. The summed E-state index contributed by atoms with van der Waals surface area (Å²) in [6.45, 7) is 0. The molecule has 2 heterocycles. The summed E-state index contributed by atoms with van der Waals surface area (Å²) in [5.41, 5.74) is 0.0667. The molecule has 3 rings (SSSR count). The molecule has 6 heteroatoms. The normalized spacial score (nSPS) is 32.2. The summed E-state index contributed by atoms with van der Waals surface area (Å²) in [7, 11) is 0. The van der Waals surface area contributed by atoms with Gasteiger partial charge in [0.25, 0.3) is 0 Å². The summed E-state index contributed by atoms with van der Waals surface area (Å²) >= 11 is 0. The Morgan fingerprint density at radius 2 is 1.71 bits per heavy atom. The average molecular weight is 301 g/mol. The molecule has 2 bridgehead atoms. The highest BCUT2D eigenvalue weighted by Crippen LogP contribution is 2.36. The Bertz CT molecular complexity index is 489. The smallest absolute Gasteiger partial charge is 0.406 e. The van der Waals surface area contributed by atoms with E-state index in [-0.39, 0.29) is 5.75 Å². The second-order valence-electron chi connectivity index (χ2n) is 6.14. The predicted octanol–water partition coefficient (Wildman–Crippen LogP) is 2.77. The third-order valence-corrected chi connectivity index (χ3v) is 4.28. The third-order valence-electron chi connectivity index (χ3n) is 4.28. The van der Waals surface area contributed by atoms with Crippen molar-refractivity contribution in [1.29, 1.82) is 0 Å². The Balaban J connectivity index is 1.65. The zero-order valence-corrected chi connectivity index (χ0v) is 11.5. The molecule has 1 aromatic carbocycles. The highest BCUT2D eigenvalue weighted by Gasteiger charge is 2.42. The maximum absolute atomic E-state index is 12.1. The summed E-state index contributed by atoms with van der Waals surface area (Å²) in [6, 6.07) is 6.48. The molecule has 1 aromatic rings. The van der Waals surface area contributed by atoms with Crippen molar-refractivity contribution in [2.75, 3.05) is 0 Å². The monoisotopic (exact) mass is 301 g/mol. The van der Waals surface area contributed by atoms with E-state index in [1.54, 1.807) is 12.1 Å². The van der Waals surface area contributed by atoms with Gasteiger partial charge in [-0.25, -0.2) is 0 Å². The van der Waals surface area contributed by atoms with Crippen molar-refractivity contribution < 1.29 is 23.0 Å². The Kier molecular flexibility index (Phi) is 3.61. The lowest BCUT2D eigenvalue weighted by molar-refractivity contribution is -0.274. The van der Waals surface area contributed by atoms with Gasteiger partial charge in [0.05, 0.1) is 5.60 Å². The van der Waals surface area contributed by atoms with Gasteiger partial charge < -0.3 is 15.2 Å². The fourth-order valence-electron chi connectivity index (χ4n) is 3.56. The van der Waals surface area contributed by atoms with Crippen LogP contribution in [0, 0.1) is 0 Å². The van der Waals surface area contributed by atoms with E-state index in [1.807, 2.05) is 0 Å². The number of hydrogen-bond acceptors (Lipinski definition) is 3. The largest absolute Gasteiger partial charge is 0.573 e. The van der Waals surface area contributed by atoms with Crippen LogP contribution in [0.15, 0.2) is 24.3 Å². The first-order chi connectivity index (χ1) is 9.81. The fourth-order valence-corrected chi connectivity index (χ4v) is 3.56. The van der Waals surface area contributed by atoms with E-state index in [0.29, 0.717) is 31.3 Å². The second-order valence-corrected chi connectivity index (χ2v) is 6.14. The van der Waals surface area contributed by atoms with Crippen LogP contribution >= 0.6 is 0 Å². The Labute approximate surface area is 121 Å². The number of aliphatic hydroxyl groups is 1. The number of alkyl halides is 3. The molecule has 0 radical (unpaired) electrons. The number of benzene rings is 1. The van der Waals surface area contributed by atoms with Crippen molar-refractivity contribution in [3.63, 3.8) is 0 Å². The van der Waals surface area contributed by atoms with E-state index >= 15 is 0 Å². The van der Waals surface area contributed by atoms with Crippen LogP contribution in [0.25, 0.3) is 0 Å². The molecule has 2 N–H and O–H groups in total. The van der Waals surface area contributed by atoms with Crippen molar-refractivity contribution in [2.24, 2.45) is 0 Å². The molecule has 0 amide bonds. The van der Waals surface area contributed by atoms with Gasteiger partial charge >= 0.3 is 6.36 Å². The van der Waals surface area contributed by atoms with E-state index in [1.165, 1.54) is 12.1 Å². The van der Waals surface area contributed by atoms with Gasteiger partial charge in [-0.1, -0.05) is 12.1 Å². The van der Waals surface area contributed by atoms with E-state index in [9.17, 15) is 18.3 Å². The minimum absolute atomic E-state index is 0.233. The van der Waals surface area contributed by atoms with Crippen LogP contribution in [0.3, 0.4) is 0 Å². The SMILES string of the molecule is OC1(Cc2ccc(OC(F)(F)F)cc2)CC2CCC(C1)N2. The molecule has 2 aliphatic heterocycles. The minimum Gasteiger partial charge on any atom is -0.406 e. The first-order valence-electron chi connectivity index (χ1n) is 7.14.